The van der Waals surface area contributed by atoms with Crippen LogP contribution in [-0.2, 0) is 6.54 Å². The highest BCUT2D eigenvalue weighted by atomic mass is 35.5. The second-order valence-electron chi connectivity index (χ2n) is 5.93. The number of halogens is 1. The molecule has 0 saturated heterocycles. The summed E-state index contributed by atoms with van der Waals surface area (Å²) in [6.07, 6.45) is 1.71. The van der Waals surface area contributed by atoms with Gasteiger partial charge in [0.2, 0.25) is 0 Å². The highest BCUT2D eigenvalue weighted by molar-refractivity contribution is 7.17. The average molecular weight is 402 g/mol. The van der Waals surface area contributed by atoms with Crippen LogP contribution in [0.5, 0.6) is 11.5 Å². The molecule has 8 heteroatoms. The van der Waals surface area contributed by atoms with Crippen molar-refractivity contribution in [1.29, 1.82) is 0 Å². The predicted molar refractivity (Wildman–Crippen MR) is 104 cm³/mol. The molecule has 0 atom stereocenters. The highest BCUT2D eigenvalue weighted by Crippen LogP contribution is 2.38. The molecule has 3 aromatic rings. The first kappa shape index (κ1) is 17.8. The maximum Gasteiger partial charge on any atom is 0.263 e. The second-order valence-corrected chi connectivity index (χ2v) is 7.34. The molecule has 6 nitrogen and oxygen atoms in total. The van der Waals surface area contributed by atoms with Crippen molar-refractivity contribution in [2.24, 2.45) is 0 Å². The first-order valence-electron chi connectivity index (χ1n) is 8.37. The van der Waals surface area contributed by atoms with Crippen LogP contribution in [0.4, 0.5) is 0 Å². The summed E-state index contributed by atoms with van der Waals surface area (Å²) in [4.78, 5) is 21.9. The summed E-state index contributed by atoms with van der Waals surface area (Å²) in [5.74, 6) is 0.971. The quantitative estimate of drug-likeness (QED) is 0.718. The maximum atomic E-state index is 12.6. The molecule has 3 heterocycles. The minimum absolute atomic E-state index is 0.182. The summed E-state index contributed by atoms with van der Waals surface area (Å²) < 4.78 is 11.1. The maximum absolute atomic E-state index is 12.6. The Balaban J connectivity index is 1.49. The third kappa shape index (κ3) is 3.74. The number of carbonyl (C=O) groups excluding carboxylic acids is 1. The molecule has 0 saturated carbocycles. The zero-order valence-electron chi connectivity index (χ0n) is 14.5. The van der Waals surface area contributed by atoms with Gasteiger partial charge in [0.25, 0.3) is 5.91 Å². The third-order valence-electron chi connectivity index (χ3n) is 4.00. The number of carbonyl (C=O) groups is 1. The van der Waals surface area contributed by atoms with E-state index in [1.807, 2.05) is 31.2 Å². The van der Waals surface area contributed by atoms with E-state index in [1.54, 1.807) is 12.3 Å². The van der Waals surface area contributed by atoms with E-state index >= 15 is 0 Å². The Morgan fingerprint density at radius 2 is 2.15 bits per heavy atom. The Hall–Kier alpha value is -2.64. The molecule has 1 aromatic carbocycles. The minimum Gasteiger partial charge on any atom is -0.486 e. The number of rotatable bonds is 4. The number of hydrogen-bond donors (Lipinski definition) is 1. The number of benzene rings is 1. The molecule has 1 N–H and O–H groups in total. The van der Waals surface area contributed by atoms with E-state index in [1.165, 1.54) is 11.3 Å². The van der Waals surface area contributed by atoms with Gasteiger partial charge in [0.05, 0.1) is 16.4 Å². The number of fused-ring (bicyclic) bond motifs is 1. The first-order chi connectivity index (χ1) is 13.1. The number of nitrogens with zero attached hydrogens (tertiary/aromatic N) is 2. The fourth-order valence-corrected chi connectivity index (χ4v) is 3.98. The van der Waals surface area contributed by atoms with E-state index in [2.05, 4.69) is 15.3 Å². The van der Waals surface area contributed by atoms with Crippen molar-refractivity contribution < 1.29 is 14.3 Å². The summed E-state index contributed by atoms with van der Waals surface area (Å²) in [6, 6.07) is 9.21. The smallest absolute Gasteiger partial charge is 0.263 e. The summed E-state index contributed by atoms with van der Waals surface area (Å²) in [5, 5.41) is 4.11. The standard InChI is InChI=1S/C19H16ClN3O3S/c1-11-17(27-19(23-11)14-4-2-3-5-21-14)18(24)22-10-12-8-13(20)16-15(9-12)25-6-7-26-16/h2-5,8-9H,6-7,10H2,1H3,(H,22,24). The van der Waals surface area contributed by atoms with E-state index in [-0.39, 0.29) is 5.91 Å². The number of thiazole rings is 1. The Morgan fingerprint density at radius 3 is 2.96 bits per heavy atom. The largest absolute Gasteiger partial charge is 0.486 e. The summed E-state index contributed by atoms with van der Waals surface area (Å²) >= 11 is 7.57. The highest BCUT2D eigenvalue weighted by Gasteiger charge is 2.19. The number of amides is 1. The average Bonchev–Trinajstić information content (AvgIpc) is 3.09. The van der Waals surface area contributed by atoms with Gasteiger partial charge in [-0.25, -0.2) is 4.98 Å². The fourth-order valence-electron chi connectivity index (χ4n) is 2.73. The molecule has 4 rings (SSSR count). The van der Waals surface area contributed by atoms with E-state index < -0.39 is 0 Å². The lowest BCUT2D eigenvalue weighted by atomic mass is 10.2. The molecule has 2 aromatic heterocycles. The van der Waals surface area contributed by atoms with Gasteiger partial charge in [-0.1, -0.05) is 17.7 Å². The fraction of sp³-hybridized carbons (Fsp3) is 0.211. The molecular formula is C19H16ClN3O3S. The first-order valence-corrected chi connectivity index (χ1v) is 9.56. The molecule has 0 unspecified atom stereocenters. The van der Waals surface area contributed by atoms with Crippen molar-refractivity contribution in [1.82, 2.24) is 15.3 Å². The molecule has 138 valence electrons. The Kier molecular flexibility index (Phi) is 4.96. The lowest BCUT2D eigenvalue weighted by Gasteiger charge is -2.20. The van der Waals surface area contributed by atoms with Crippen LogP contribution in [0.2, 0.25) is 5.02 Å². The predicted octanol–water partition coefficient (Wildman–Crippen LogP) is 3.87. The van der Waals surface area contributed by atoms with Crippen LogP contribution < -0.4 is 14.8 Å². The molecule has 0 fully saturated rings. The van der Waals surface area contributed by atoms with E-state index in [0.29, 0.717) is 46.9 Å². The number of aryl methyl sites for hydroxylation is 1. The third-order valence-corrected chi connectivity index (χ3v) is 5.46. The van der Waals surface area contributed by atoms with Gasteiger partial charge in [0, 0.05) is 12.7 Å². The zero-order valence-corrected chi connectivity index (χ0v) is 16.1. The second kappa shape index (κ2) is 7.54. The Bertz CT molecular complexity index is 991. The summed E-state index contributed by atoms with van der Waals surface area (Å²) in [7, 11) is 0. The zero-order chi connectivity index (χ0) is 18.8. The van der Waals surface area contributed by atoms with Crippen LogP contribution in [-0.4, -0.2) is 29.1 Å². The molecule has 1 aliphatic heterocycles. The molecule has 0 bridgehead atoms. The lowest BCUT2D eigenvalue weighted by molar-refractivity contribution is 0.0954. The lowest BCUT2D eigenvalue weighted by Crippen LogP contribution is -2.23. The van der Waals surface area contributed by atoms with Gasteiger partial charge < -0.3 is 14.8 Å². The molecule has 0 aliphatic carbocycles. The van der Waals surface area contributed by atoms with Gasteiger partial charge in [-0.3, -0.25) is 9.78 Å². The van der Waals surface area contributed by atoms with Gasteiger partial charge in [-0.15, -0.1) is 11.3 Å². The Morgan fingerprint density at radius 1 is 1.30 bits per heavy atom. The van der Waals surface area contributed by atoms with Crippen LogP contribution >= 0.6 is 22.9 Å². The Labute approximate surface area is 165 Å². The van der Waals surface area contributed by atoms with Crippen LogP contribution in [0.15, 0.2) is 36.5 Å². The summed E-state index contributed by atoms with van der Waals surface area (Å²) in [6.45, 7) is 3.10. The van der Waals surface area contributed by atoms with E-state index in [9.17, 15) is 4.79 Å². The summed E-state index contributed by atoms with van der Waals surface area (Å²) in [5.41, 5.74) is 2.27. The van der Waals surface area contributed by atoms with Gasteiger partial charge in [0.1, 0.15) is 23.1 Å². The van der Waals surface area contributed by atoms with Crippen molar-refractivity contribution in [3.63, 3.8) is 0 Å². The van der Waals surface area contributed by atoms with Crippen LogP contribution in [0.25, 0.3) is 10.7 Å². The van der Waals surface area contributed by atoms with Crippen molar-refractivity contribution in [2.45, 2.75) is 13.5 Å². The van der Waals surface area contributed by atoms with Gasteiger partial charge in [-0.05, 0) is 36.8 Å². The number of aromatic nitrogens is 2. The number of pyridine rings is 1. The van der Waals surface area contributed by atoms with Crippen molar-refractivity contribution in [3.8, 4) is 22.2 Å². The molecule has 1 amide bonds. The van der Waals surface area contributed by atoms with Crippen LogP contribution in [0.3, 0.4) is 0 Å². The van der Waals surface area contributed by atoms with Crippen LogP contribution in [0.1, 0.15) is 20.9 Å². The van der Waals surface area contributed by atoms with Gasteiger partial charge in [0.15, 0.2) is 11.5 Å². The monoisotopic (exact) mass is 401 g/mol. The van der Waals surface area contributed by atoms with E-state index in [0.717, 1.165) is 16.3 Å². The molecule has 27 heavy (non-hydrogen) atoms. The van der Waals surface area contributed by atoms with Gasteiger partial charge in [-0.2, -0.15) is 0 Å². The normalized spacial score (nSPS) is 12.7. The number of hydrogen-bond acceptors (Lipinski definition) is 6. The topological polar surface area (TPSA) is 73.3 Å². The molecule has 1 aliphatic rings. The van der Waals surface area contributed by atoms with Crippen LogP contribution in [0, 0.1) is 6.92 Å². The molecular weight excluding hydrogens is 386 g/mol. The SMILES string of the molecule is Cc1nc(-c2ccccn2)sc1C(=O)NCc1cc(Cl)c2c(c1)OCCO2. The molecule has 0 spiro atoms. The number of ether oxygens (including phenoxy) is 2. The van der Waals surface area contributed by atoms with Crippen molar-refractivity contribution in [2.75, 3.05) is 13.2 Å². The van der Waals surface area contributed by atoms with E-state index in [4.69, 9.17) is 21.1 Å². The van der Waals surface area contributed by atoms with Crippen molar-refractivity contribution >= 4 is 28.8 Å². The number of nitrogens with one attached hydrogen (secondary N) is 1. The minimum atomic E-state index is -0.182. The molecule has 0 radical (unpaired) electrons. The van der Waals surface area contributed by atoms with Gasteiger partial charge >= 0.3 is 0 Å². The van der Waals surface area contributed by atoms with Crippen molar-refractivity contribution in [3.05, 3.63) is 57.7 Å².